The summed E-state index contributed by atoms with van der Waals surface area (Å²) in [5.41, 5.74) is 0.881. The van der Waals surface area contributed by atoms with Gasteiger partial charge in [0.05, 0.1) is 6.61 Å². The summed E-state index contributed by atoms with van der Waals surface area (Å²) in [6, 6.07) is 4.56. The van der Waals surface area contributed by atoms with E-state index >= 15 is 0 Å². The zero-order chi connectivity index (χ0) is 11.4. The molecule has 3 heteroatoms. The highest BCUT2D eigenvalue weighted by atomic mass is 16.3. The van der Waals surface area contributed by atoms with Gasteiger partial charge in [-0.3, -0.25) is 0 Å². The second-order valence-corrected chi connectivity index (χ2v) is 4.57. The molecule has 1 unspecified atom stereocenters. The minimum atomic E-state index is 0.0723. The molecule has 0 aliphatic carbocycles. The van der Waals surface area contributed by atoms with Crippen molar-refractivity contribution in [3.8, 4) is 0 Å². The highest BCUT2D eigenvalue weighted by molar-refractivity contribution is 5.40. The van der Waals surface area contributed by atoms with E-state index in [0.29, 0.717) is 6.04 Å². The number of aliphatic hydroxyl groups is 1. The normalized spacial score (nSPS) is 21.9. The van der Waals surface area contributed by atoms with Crippen LogP contribution in [0.3, 0.4) is 0 Å². The summed E-state index contributed by atoms with van der Waals surface area (Å²) >= 11 is 0. The van der Waals surface area contributed by atoms with Crippen molar-refractivity contribution in [2.75, 3.05) is 11.4 Å². The molecule has 1 aliphatic heterocycles. The summed E-state index contributed by atoms with van der Waals surface area (Å²) in [6.07, 6.45) is 6.94. The molecule has 0 spiro atoms. The molecule has 0 saturated carbocycles. The van der Waals surface area contributed by atoms with Crippen molar-refractivity contribution >= 4 is 5.82 Å². The lowest BCUT2D eigenvalue weighted by atomic mass is 10.1. The monoisotopic (exact) mass is 220 g/mol. The molecule has 16 heavy (non-hydrogen) atoms. The number of pyridine rings is 1. The summed E-state index contributed by atoms with van der Waals surface area (Å²) in [6.45, 7) is 3.45. The minimum Gasteiger partial charge on any atom is -0.392 e. The van der Waals surface area contributed by atoms with E-state index in [0.717, 1.165) is 17.9 Å². The van der Waals surface area contributed by atoms with Crippen molar-refractivity contribution in [2.24, 2.45) is 0 Å². The van der Waals surface area contributed by atoms with E-state index in [1.165, 1.54) is 25.7 Å². The van der Waals surface area contributed by atoms with E-state index in [2.05, 4.69) is 16.8 Å². The van der Waals surface area contributed by atoms with Crippen LogP contribution in [0.1, 0.15) is 38.2 Å². The van der Waals surface area contributed by atoms with Crippen LogP contribution in [0, 0.1) is 0 Å². The summed E-state index contributed by atoms with van der Waals surface area (Å²) < 4.78 is 0. The van der Waals surface area contributed by atoms with Gasteiger partial charge in [-0.05, 0) is 31.4 Å². The van der Waals surface area contributed by atoms with Gasteiger partial charge in [-0.1, -0.05) is 18.9 Å². The van der Waals surface area contributed by atoms with Crippen LogP contribution in [0.15, 0.2) is 18.3 Å². The maximum Gasteiger partial charge on any atom is 0.128 e. The van der Waals surface area contributed by atoms with Crippen LogP contribution in [0.25, 0.3) is 0 Å². The first-order valence-electron chi connectivity index (χ1n) is 6.13. The Labute approximate surface area is 97.1 Å². The molecule has 1 aromatic heterocycles. The van der Waals surface area contributed by atoms with E-state index in [4.69, 9.17) is 5.11 Å². The Bertz CT molecular complexity index is 323. The predicted octanol–water partition coefficient (Wildman–Crippen LogP) is 2.34. The molecular weight excluding hydrogens is 200 g/mol. The first-order chi connectivity index (χ1) is 7.81. The van der Waals surface area contributed by atoms with E-state index in [1.54, 1.807) is 6.20 Å². The largest absolute Gasteiger partial charge is 0.392 e. The molecule has 1 saturated heterocycles. The van der Waals surface area contributed by atoms with Gasteiger partial charge in [-0.25, -0.2) is 4.98 Å². The summed E-state index contributed by atoms with van der Waals surface area (Å²) in [4.78, 5) is 6.81. The molecular formula is C13H20N2O. The fraction of sp³-hybridized carbons (Fsp3) is 0.615. The number of anilines is 1. The average molecular weight is 220 g/mol. The molecule has 1 aromatic rings. The molecule has 0 bridgehead atoms. The molecule has 1 atom stereocenters. The SMILES string of the molecule is CC1CCCCCN1c1ccc(CO)cn1. The van der Waals surface area contributed by atoms with Crippen molar-refractivity contribution < 1.29 is 5.11 Å². The van der Waals surface area contributed by atoms with Gasteiger partial charge in [0.1, 0.15) is 5.82 Å². The lowest BCUT2D eigenvalue weighted by molar-refractivity contribution is 0.281. The van der Waals surface area contributed by atoms with Gasteiger partial charge < -0.3 is 10.0 Å². The predicted molar refractivity (Wildman–Crippen MR) is 65.4 cm³/mol. The molecule has 2 rings (SSSR count). The van der Waals surface area contributed by atoms with Crippen molar-refractivity contribution in [1.29, 1.82) is 0 Å². The van der Waals surface area contributed by atoms with E-state index in [-0.39, 0.29) is 6.61 Å². The number of aromatic nitrogens is 1. The standard InChI is InChI=1S/C13H20N2O/c1-11-5-3-2-4-8-15(11)13-7-6-12(10-16)9-14-13/h6-7,9,11,16H,2-5,8,10H2,1H3. The van der Waals surface area contributed by atoms with Gasteiger partial charge >= 0.3 is 0 Å². The van der Waals surface area contributed by atoms with E-state index < -0.39 is 0 Å². The fourth-order valence-electron chi connectivity index (χ4n) is 2.30. The van der Waals surface area contributed by atoms with Crippen molar-refractivity contribution in [1.82, 2.24) is 4.98 Å². The van der Waals surface area contributed by atoms with Gasteiger partial charge in [0.2, 0.25) is 0 Å². The third-order valence-corrected chi connectivity index (χ3v) is 3.34. The Morgan fingerprint density at radius 3 is 2.94 bits per heavy atom. The van der Waals surface area contributed by atoms with Crippen LogP contribution in [0.2, 0.25) is 0 Å². The topological polar surface area (TPSA) is 36.4 Å². The fourth-order valence-corrected chi connectivity index (χ4v) is 2.30. The zero-order valence-electron chi connectivity index (χ0n) is 9.89. The van der Waals surface area contributed by atoms with Crippen molar-refractivity contribution in [3.63, 3.8) is 0 Å². The Morgan fingerprint density at radius 1 is 1.38 bits per heavy atom. The van der Waals surface area contributed by atoms with Crippen molar-refractivity contribution in [3.05, 3.63) is 23.9 Å². The van der Waals surface area contributed by atoms with Crippen molar-refractivity contribution in [2.45, 2.75) is 45.3 Å². The summed E-state index contributed by atoms with van der Waals surface area (Å²) in [5, 5.41) is 8.98. The molecule has 0 aromatic carbocycles. The zero-order valence-corrected chi connectivity index (χ0v) is 9.89. The molecule has 1 fully saturated rings. The average Bonchev–Trinajstić information content (AvgIpc) is 2.54. The minimum absolute atomic E-state index is 0.0723. The van der Waals surface area contributed by atoms with Crippen LogP contribution < -0.4 is 4.90 Å². The molecule has 1 aliphatic rings. The van der Waals surface area contributed by atoms with E-state index in [9.17, 15) is 0 Å². The molecule has 2 heterocycles. The summed E-state index contributed by atoms with van der Waals surface area (Å²) in [5.74, 6) is 1.05. The second kappa shape index (κ2) is 5.30. The molecule has 0 amide bonds. The van der Waals surface area contributed by atoms with Gasteiger partial charge in [-0.2, -0.15) is 0 Å². The quantitative estimate of drug-likeness (QED) is 0.831. The van der Waals surface area contributed by atoms with E-state index in [1.807, 2.05) is 12.1 Å². The number of aliphatic hydroxyl groups excluding tert-OH is 1. The smallest absolute Gasteiger partial charge is 0.128 e. The first kappa shape index (κ1) is 11.4. The summed E-state index contributed by atoms with van der Waals surface area (Å²) in [7, 11) is 0. The van der Waals surface area contributed by atoms with Crippen LogP contribution in [0.4, 0.5) is 5.82 Å². The number of hydrogen-bond donors (Lipinski definition) is 1. The Hall–Kier alpha value is -1.09. The molecule has 1 N–H and O–H groups in total. The van der Waals surface area contributed by atoms with Crippen LogP contribution in [0.5, 0.6) is 0 Å². The Balaban J connectivity index is 2.14. The van der Waals surface area contributed by atoms with Gasteiger partial charge in [0.25, 0.3) is 0 Å². The highest BCUT2D eigenvalue weighted by Gasteiger charge is 2.17. The number of hydrogen-bond acceptors (Lipinski definition) is 3. The number of rotatable bonds is 2. The lowest BCUT2D eigenvalue weighted by Crippen LogP contribution is -2.33. The van der Waals surface area contributed by atoms with Gasteiger partial charge in [-0.15, -0.1) is 0 Å². The second-order valence-electron chi connectivity index (χ2n) is 4.57. The molecule has 88 valence electrons. The highest BCUT2D eigenvalue weighted by Crippen LogP contribution is 2.22. The van der Waals surface area contributed by atoms with Crippen LogP contribution in [-0.2, 0) is 6.61 Å². The van der Waals surface area contributed by atoms with Crippen LogP contribution >= 0.6 is 0 Å². The third kappa shape index (κ3) is 2.53. The maximum atomic E-state index is 8.98. The number of nitrogens with zero attached hydrogens (tertiary/aromatic N) is 2. The van der Waals surface area contributed by atoms with Crippen LogP contribution in [-0.4, -0.2) is 22.7 Å². The Morgan fingerprint density at radius 2 is 2.25 bits per heavy atom. The van der Waals surface area contributed by atoms with Gasteiger partial charge in [0.15, 0.2) is 0 Å². The van der Waals surface area contributed by atoms with Gasteiger partial charge in [0, 0.05) is 18.8 Å². The molecule has 3 nitrogen and oxygen atoms in total. The molecule has 0 radical (unpaired) electrons. The first-order valence-corrected chi connectivity index (χ1v) is 6.13. The Kier molecular flexibility index (Phi) is 3.78. The third-order valence-electron chi connectivity index (χ3n) is 3.34. The maximum absolute atomic E-state index is 8.98. The lowest BCUT2D eigenvalue weighted by Gasteiger charge is -2.28.